The maximum Gasteiger partial charge on any atom is 0.336 e. The van der Waals surface area contributed by atoms with E-state index in [1.807, 2.05) is 4.31 Å². The predicted molar refractivity (Wildman–Crippen MR) is 127 cm³/mol. The second kappa shape index (κ2) is 9.37. The summed E-state index contributed by atoms with van der Waals surface area (Å²) >= 11 is 8.38. The van der Waals surface area contributed by atoms with Gasteiger partial charge < -0.3 is 10.4 Å². The summed E-state index contributed by atoms with van der Waals surface area (Å²) in [5, 5.41) is 12.9. The van der Waals surface area contributed by atoms with E-state index in [0.717, 1.165) is 4.21 Å². The second-order valence-electron chi connectivity index (χ2n) is 9.26. The summed E-state index contributed by atoms with van der Waals surface area (Å²) in [7, 11) is 0. The van der Waals surface area contributed by atoms with Crippen molar-refractivity contribution in [1.82, 2.24) is 9.62 Å². The number of carbonyl (C=O) groups excluding carboxylic acids is 1. The van der Waals surface area contributed by atoms with Crippen LogP contribution in [0.3, 0.4) is 0 Å². The van der Waals surface area contributed by atoms with Gasteiger partial charge in [0.15, 0.2) is 0 Å². The molecule has 2 heterocycles. The Morgan fingerprint density at radius 2 is 1.91 bits per heavy atom. The number of nitrogens with one attached hydrogen (secondary N) is 1. The molecule has 11 heteroatoms. The van der Waals surface area contributed by atoms with Gasteiger partial charge in [0.25, 0.3) is 0 Å². The zero-order valence-electron chi connectivity index (χ0n) is 18.2. The Kier molecular flexibility index (Phi) is 6.98. The predicted octanol–water partition coefficient (Wildman–Crippen LogP) is 6.00. The Bertz CT molecular complexity index is 1080. The number of thiophene rings is 1. The Labute approximate surface area is 208 Å². The lowest BCUT2D eigenvalue weighted by Gasteiger charge is -2.41. The summed E-state index contributed by atoms with van der Waals surface area (Å²) in [4.78, 5) is 24.1. The quantitative estimate of drug-likeness (QED) is 0.301. The molecule has 0 radical (unpaired) electrons. The highest BCUT2D eigenvalue weighted by atomic mass is 35.5. The van der Waals surface area contributed by atoms with Crippen molar-refractivity contribution in [1.29, 1.82) is 0 Å². The van der Waals surface area contributed by atoms with Crippen LogP contribution in [0.1, 0.15) is 42.5 Å². The first kappa shape index (κ1) is 25.3. The molecule has 2 saturated carbocycles. The third kappa shape index (κ3) is 4.82. The van der Waals surface area contributed by atoms with Gasteiger partial charge in [-0.1, -0.05) is 24.8 Å². The van der Waals surface area contributed by atoms with Gasteiger partial charge in [-0.3, -0.25) is 4.79 Å². The first-order chi connectivity index (χ1) is 15.9. The molecular weight excluding hydrogens is 509 g/mol. The van der Waals surface area contributed by atoms with E-state index in [0.29, 0.717) is 25.9 Å². The minimum atomic E-state index is -1.39. The van der Waals surface area contributed by atoms with Crippen LogP contribution in [-0.2, 0) is 4.79 Å². The molecule has 184 valence electrons. The molecule has 1 aromatic rings. The van der Waals surface area contributed by atoms with Gasteiger partial charge in [-0.05, 0) is 55.5 Å². The molecule has 3 aliphatic rings. The average Bonchev–Trinajstić information content (AvgIpc) is 3.42. The van der Waals surface area contributed by atoms with Gasteiger partial charge in [-0.25, -0.2) is 22.3 Å². The molecule has 34 heavy (non-hydrogen) atoms. The largest absolute Gasteiger partial charge is 0.478 e. The van der Waals surface area contributed by atoms with Gasteiger partial charge in [0, 0.05) is 24.0 Å². The van der Waals surface area contributed by atoms with Crippen molar-refractivity contribution in [3.05, 3.63) is 52.4 Å². The Hall–Kier alpha value is -1.75. The number of hydrogen-bond acceptors (Lipinski definition) is 5. The van der Waals surface area contributed by atoms with Gasteiger partial charge in [0.1, 0.15) is 17.3 Å². The van der Waals surface area contributed by atoms with Crippen molar-refractivity contribution in [3.63, 3.8) is 0 Å². The third-order valence-electron chi connectivity index (χ3n) is 7.03. The smallest absolute Gasteiger partial charge is 0.336 e. The average molecular weight is 533 g/mol. The normalized spacial score (nSPS) is 28.2. The lowest BCUT2D eigenvalue weighted by molar-refractivity contribution is -0.129. The van der Waals surface area contributed by atoms with Gasteiger partial charge in [0.05, 0.1) is 26.8 Å². The van der Waals surface area contributed by atoms with Crippen LogP contribution in [-0.4, -0.2) is 46.1 Å². The Morgan fingerprint density at radius 3 is 2.38 bits per heavy atom. The fourth-order valence-electron chi connectivity index (χ4n) is 5.19. The number of halogens is 4. The molecule has 5 nitrogen and oxygen atoms in total. The maximum absolute atomic E-state index is 15.0. The lowest BCUT2D eigenvalue weighted by atomic mass is 9.73. The number of allylic oxidation sites excluding steroid dienone is 2. The number of carboxylic acid groups (broad SMARTS) is 1. The highest BCUT2D eigenvalue weighted by Gasteiger charge is 2.60. The number of fused-ring (bicyclic) bond motifs is 2. The van der Waals surface area contributed by atoms with Gasteiger partial charge >= 0.3 is 5.97 Å². The van der Waals surface area contributed by atoms with E-state index in [4.69, 9.17) is 16.7 Å². The van der Waals surface area contributed by atoms with Crippen LogP contribution in [0.2, 0.25) is 0 Å². The van der Waals surface area contributed by atoms with Crippen molar-refractivity contribution >= 4 is 46.8 Å². The second-order valence-corrected chi connectivity index (χ2v) is 12.0. The van der Waals surface area contributed by atoms with Crippen LogP contribution >= 0.6 is 34.9 Å². The van der Waals surface area contributed by atoms with E-state index in [-0.39, 0.29) is 30.7 Å². The van der Waals surface area contributed by atoms with Gasteiger partial charge in [-0.2, -0.15) is 0 Å². The zero-order chi connectivity index (χ0) is 24.8. The topological polar surface area (TPSA) is 69.6 Å². The van der Waals surface area contributed by atoms with E-state index in [2.05, 4.69) is 18.5 Å². The Morgan fingerprint density at radius 1 is 1.26 bits per heavy atom. The number of amides is 1. The summed E-state index contributed by atoms with van der Waals surface area (Å²) in [6.07, 6.45) is 1.46. The monoisotopic (exact) mass is 532 g/mol. The van der Waals surface area contributed by atoms with E-state index >= 15 is 0 Å². The van der Waals surface area contributed by atoms with Crippen molar-refractivity contribution in [2.24, 2.45) is 11.3 Å². The molecular formula is C23H24ClF3N2O3S2. The first-order valence-electron chi connectivity index (χ1n) is 10.8. The molecule has 2 bridgehead atoms. The van der Waals surface area contributed by atoms with Crippen LogP contribution in [0.4, 0.5) is 13.2 Å². The molecule has 1 saturated heterocycles. The maximum atomic E-state index is 15.0. The van der Waals surface area contributed by atoms with E-state index in [9.17, 15) is 22.8 Å². The van der Waals surface area contributed by atoms with E-state index in [1.54, 1.807) is 11.4 Å². The molecule has 1 aromatic heterocycles. The molecule has 1 unspecified atom stereocenters. The minimum absolute atomic E-state index is 0.112. The third-order valence-corrected chi connectivity index (χ3v) is 9.28. The van der Waals surface area contributed by atoms with Crippen LogP contribution in [0, 0.1) is 11.3 Å². The number of nitrogens with zero attached hydrogens (tertiary/aromatic N) is 1. The number of carbonyl (C=O) groups is 2. The first-order valence-corrected chi connectivity index (χ1v) is 12.8. The van der Waals surface area contributed by atoms with Crippen LogP contribution in [0.25, 0.3) is 0 Å². The number of carboxylic acids is 1. The number of hydrogen-bond donors (Lipinski definition) is 2. The Balaban J connectivity index is 1.48. The molecule has 1 atom stereocenters. The van der Waals surface area contributed by atoms with Crippen LogP contribution in [0.5, 0.6) is 0 Å². The molecule has 2 N–H and O–H groups in total. The highest BCUT2D eigenvalue weighted by molar-refractivity contribution is 7.99. The summed E-state index contributed by atoms with van der Waals surface area (Å²) in [6, 6.07) is 0.459. The SMILES string of the molecule is C=C(Cl)/C(F)=C(\C(=C)F)C(NC(=O)C1CN(Sc2cc(C(=O)O)cs2)C1)C12CCC(F)(CC1)C2. The molecule has 1 amide bonds. The van der Waals surface area contributed by atoms with Gasteiger partial charge in [-0.15, -0.1) is 11.3 Å². The fraction of sp³-hybridized carbons (Fsp3) is 0.478. The number of alkyl halides is 1. The number of aromatic carboxylic acids is 1. The molecule has 2 aliphatic carbocycles. The molecule has 0 spiro atoms. The molecule has 4 rings (SSSR count). The van der Waals surface area contributed by atoms with Crippen molar-refractivity contribution in [2.75, 3.05) is 13.1 Å². The fourth-order valence-corrected chi connectivity index (χ4v) is 7.48. The van der Waals surface area contributed by atoms with Crippen molar-refractivity contribution < 1.29 is 27.9 Å². The summed E-state index contributed by atoms with van der Waals surface area (Å²) < 4.78 is 47.1. The van der Waals surface area contributed by atoms with E-state index in [1.165, 1.54) is 23.3 Å². The summed E-state index contributed by atoms with van der Waals surface area (Å²) in [5.74, 6) is -3.98. The minimum Gasteiger partial charge on any atom is -0.478 e. The standard InChI is InChI=1S/C23H24ClF3N2O3S2/c1-12(24)18(26)17(13(2)25)19(22-3-5-23(27,11-22)6-4-22)28-20(30)15-8-29(9-15)34-16-7-14(10-33-16)21(31)32/h7,10,15,19H,1-6,8-9,11H2,(H,28,30)(H,31,32)/b18-17-. The zero-order valence-corrected chi connectivity index (χ0v) is 20.6. The van der Waals surface area contributed by atoms with Crippen LogP contribution < -0.4 is 5.32 Å². The number of rotatable bonds is 9. The molecule has 0 aromatic carbocycles. The van der Waals surface area contributed by atoms with Gasteiger partial charge in [0.2, 0.25) is 5.91 Å². The van der Waals surface area contributed by atoms with Crippen molar-refractivity contribution in [2.45, 2.75) is 48.0 Å². The lowest BCUT2D eigenvalue weighted by Crippen LogP contribution is -2.55. The highest BCUT2D eigenvalue weighted by Crippen LogP contribution is 2.61. The molecule has 1 aliphatic heterocycles. The van der Waals surface area contributed by atoms with Crippen LogP contribution in [0.15, 0.2) is 51.1 Å². The van der Waals surface area contributed by atoms with Crippen molar-refractivity contribution in [3.8, 4) is 0 Å². The summed E-state index contributed by atoms with van der Waals surface area (Å²) in [5.41, 5.74) is -2.47. The van der Waals surface area contributed by atoms with E-state index < -0.39 is 51.3 Å². The molecule has 3 fully saturated rings. The summed E-state index contributed by atoms with van der Waals surface area (Å²) in [6.45, 7) is 7.34.